The second kappa shape index (κ2) is 5.18. The molecule has 0 atom stereocenters. The van der Waals surface area contributed by atoms with Crippen LogP contribution in [0.3, 0.4) is 0 Å². The van der Waals surface area contributed by atoms with Gasteiger partial charge in [-0.15, -0.1) is 0 Å². The Morgan fingerprint density at radius 3 is 2.67 bits per heavy atom. The van der Waals surface area contributed by atoms with E-state index in [1.54, 1.807) is 20.2 Å². The smallest absolute Gasteiger partial charge is 0.167 e. The number of anilines is 1. The lowest BCUT2D eigenvalue weighted by Gasteiger charge is -2.10. The summed E-state index contributed by atoms with van der Waals surface area (Å²) in [6.45, 7) is 0.387. The first-order valence-electron chi connectivity index (χ1n) is 5.53. The summed E-state index contributed by atoms with van der Waals surface area (Å²) in [5.74, 6) is -0.214. The van der Waals surface area contributed by atoms with E-state index in [2.05, 4.69) is 10.3 Å². The van der Waals surface area contributed by atoms with Gasteiger partial charge in [0.2, 0.25) is 0 Å². The fourth-order valence-electron chi connectivity index (χ4n) is 1.87. The van der Waals surface area contributed by atoms with Crippen LogP contribution in [0.5, 0.6) is 5.75 Å². The van der Waals surface area contributed by atoms with Crippen LogP contribution in [0.15, 0.2) is 18.2 Å². The third-order valence-corrected chi connectivity index (χ3v) is 2.70. The molecule has 18 heavy (non-hydrogen) atoms. The molecule has 96 valence electrons. The molecule has 0 unspecified atom stereocenters. The van der Waals surface area contributed by atoms with E-state index in [1.807, 2.05) is 6.07 Å². The number of rotatable bonds is 4. The topological polar surface area (TPSA) is 43.4 Å². The minimum atomic E-state index is -0.422. The normalized spacial score (nSPS) is 10.7. The Bertz CT molecular complexity index is 572. The number of aromatic nitrogens is 1. The number of hydrogen-bond donors (Lipinski definition) is 1. The molecule has 0 saturated heterocycles. The van der Waals surface area contributed by atoms with Crippen LogP contribution in [-0.2, 0) is 11.3 Å². The van der Waals surface area contributed by atoms with Crippen LogP contribution in [-0.4, -0.2) is 26.3 Å². The summed E-state index contributed by atoms with van der Waals surface area (Å²) >= 11 is 0. The molecule has 0 aliphatic carbocycles. The standard InChI is InChI=1S/C13H15FN2O2/c1-15-11-4-8(7-17-2)16-12-6-10(14)13(18-3)5-9(11)12/h4-6H,7H2,1-3H3,(H,15,16). The van der Waals surface area contributed by atoms with Crippen molar-refractivity contribution >= 4 is 16.6 Å². The van der Waals surface area contributed by atoms with E-state index in [4.69, 9.17) is 9.47 Å². The maximum absolute atomic E-state index is 13.7. The number of benzene rings is 1. The summed E-state index contributed by atoms with van der Waals surface area (Å²) in [4.78, 5) is 4.35. The maximum atomic E-state index is 13.7. The van der Waals surface area contributed by atoms with E-state index in [0.29, 0.717) is 12.1 Å². The lowest BCUT2D eigenvalue weighted by atomic mass is 10.1. The van der Waals surface area contributed by atoms with Crippen LogP contribution in [0.1, 0.15) is 5.69 Å². The molecule has 1 aromatic heterocycles. The van der Waals surface area contributed by atoms with Crippen LogP contribution in [0, 0.1) is 5.82 Å². The van der Waals surface area contributed by atoms with Crippen LogP contribution in [0.25, 0.3) is 10.9 Å². The van der Waals surface area contributed by atoms with Gasteiger partial charge in [-0.1, -0.05) is 0 Å². The molecule has 1 heterocycles. The third kappa shape index (κ3) is 2.22. The van der Waals surface area contributed by atoms with Crippen LogP contribution in [0.2, 0.25) is 0 Å². The number of nitrogens with zero attached hydrogens (tertiary/aromatic N) is 1. The van der Waals surface area contributed by atoms with Crippen LogP contribution < -0.4 is 10.1 Å². The van der Waals surface area contributed by atoms with Gasteiger partial charge >= 0.3 is 0 Å². The van der Waals surface area contributed by atoms with Gasteiger partial charge in [0.25, 0.3) is 0 Å². The third-order valence-electron chi connectivity index (χ3n) is 2.70. The van der Waals surface area contributed by atoms with E-state index in [-0.39, 0.29) is 5.75 Å². The Labute approximate surface area is 105 Å². The SMILES string of the molecule is CNc1cc(COC)nc2cc(F)c(OC)cc12. The molecule has 0 radical (unpaired) electrons. The molecule has 0 bridgehead atoms. The van der Waals surface area contributed by atoms with Crippen molar-refractivity contribution < 1.29 is 13.9 Å². The average molecular weight is 250 g/mol. The molecular weight excluding hydrogens is 235 g/mol. The van der Waals surface area contributed by atoms with Gasteiger partial charge in [0.1, 0.15) is 0 Å². The van der Waals surface area contributed by atoms with Crippen molar-refractivity contribution in [2.24, 2.45) is 0 Å². The number of nitrogens with one attached hydrogen (secondary N) is 1. The van der Waals surface area contributed by atoms with Crippen molar-refractivity contribution in [3.8, 4) is 5.75 Å². The monoisotopic (exact) mass is 250 g/mol. The van der Waals surface area contributed by atoms with Crippen LogP contribution in [0.4, 0.5) is 10.1 Å². The molecule has 1 N–H and O–H groups in total. The van der Waals surface area contributed by atoms with Crippen molar-refractivity contribution in [1.82, 2.24) is 4.98 Å². The molecule has 2 aromatic rings. The molecule has 5 heteroatoms. The minimum absolute atomic E-state index is 0.209. The van der Waals surface area contributed by atoms with E-state index >= 15 is 0 Å². The van der Waals surface area contributed by atoms with E-state index in [9.17, 15) is 4.39 Å². The maximum Gasteiger partial charge on any atom is 0.167 e. The highest BCUT2D eigenvalue weighted by Gasteiger charge is 2.10. The van der Waals surface area contributed by atoms with Crippen molar-refractivity contribution in [3.63, 3.8) is 0 Å². The Hall–Kier alpha value is -1.88. The summed E-state index contributed by atoms with van der Waals surface area (Å²) in [6.07, 6.45) is 0. The van der Waals surface area contributed by atoms with E-state index in [0.717, 1.165) is 16.8 Å². The fraction of sp³-hybridized carbons (Fsp3) is 0.308. The Morgan fingerprint density at radius 2 is 2.06 bits per heavy atom. The molecule has 2 rings (SSSR count). The molecule has 1 aromatic carbocycles. The first kappa shape index (κ1) is 12.6. The largest absolute Gasteiger partial charge is 0.494 e. The molecule has 0 saturated carbocycles. The molecule has 0 amide bonds. The number of halogens is 1. The molecular formula is C13H15FN2O2. The summed E-state index contributed by atoms with van der Waals surface area (Å²) in [5.41, 5.74) is 2.19. The Morgan fingerprint density at radius 1 is 1.28 bits per heavy atom. The summed E-state index contributed by atoms with van der Waals surface area (Å²) < 4.78 is 23.7. The number of methoxy groups -OCH3 is 2. The molecule has 0 fully saturated rings. The number of ether oxygens (including phenoxy) is 2. The summed E-state index contributed by atoms with van der Waals surface area (Å²) in [5, 5.41) is 3.88. The number of fused-ring (bicyclic) bond motifs is 1. The first-order valence-corrected chi connectivity index (χ1v) is 5.53. The van der Waals surface area contributed by atoms with E-state index < -0.39 is 5.82 Å². The van der Waals surface area contributed by atoms with Gasteiger partial charge in [-0.2, -0.15) is 0 Å². The van der Waals surface area contributed by atoms with Crippen molar-refractivity contribution in [2.45, 2.75) is 6.61 Å². The molecule has 4 nitrogen and oxygen atoms in total. The number of hydrogen-bond acceptors (Lipinski definition) is 4. The summed E-state index contributed by atoms with van der Waals surface area (Å²) in [7, 11) is 4.84. The average Bonchev–Trinajstić information content (AvgIpc) is 2.37. The zero-order chi connectivity index (χ0) is 13.1. The first-order chi connectivity index (χ1) is 8.69. The lowest BCUT2D eigenvalue weighted by Crippen LogP contribution is -1.99. The van der Waals surface area contributed by atoms with Gasteiger partial charge in [0, 0.05) is 31.3 Å². The van der Waals surface area contributed by atoms with Gasteiger partial charge in [-0.05, 0) is 12.1 Å². The van der Waals surface area contributed by atoms with Crippen LogP contribution >= 0.6 is 0 Å². The summed E-state index contributed by atoms with van der Waals surface area (Å²) in [6, 6.07) is 4.89. The zero-order valence-corrected chi connectivity index (χ0v) is 10.6. The van der Waals surface area contributed by atoms with Gasteiger partial charge < -0.3 is 14.8 Å². The molecule has 0 aliphatic heterocycles. The van der Waals surface area contributed by atoms with Gasteiger partial charge in [0.15, 0.2) is 11.6 Å². The second-order valence-corrected chi connectivity index (χ2v) is 3.85. The Kier molecular flexibility index (Phi) is 3.62. The fourth-order valence-corrected chi connectivity index (χ4v) is 1.87. The minimum Gasteiger partial charge on any atom is -0.494 e. The highest BCUT2D eigenvalue weighted by atomic mass is 19.1. The lowest BCUT2D eigenvalue weighted by molar-refractivity contribution is 0.182. The molecule has 0 spiro atoms. The zero-order valence-electron chi connectivity index (χ0n) is 10.6. The Balaban J connectivity index is 2.67. The van der Waals surface area contributed by atoms with Crippen molar-refractivity contribution in [3.05, 3.63) is 29.7 Å². The second-order valence-electron chi connectivity index (χ2n) is 3.85. The highest BCUT2D eigenvalue weighted by molar-refractivity contribution is 5.92. The number of pyridine rings is 1. The highest BCUT2D eigenvalue weighted by Crippen LogP contribution is 2.29. The predicted molar refractivity (Wildman–Crippen MR) is 68.5 cm³/mol. The molecule has 0 aliphatic rings. The van der Waals surface area contributed by atoms with Crippen molar-refractivity contribution in [2.75, 3.05) is 26.6 Å². The quantitative estimate of drug-likeness (QED) is 0.905. The van der Waals surface area contributed by atoms with Gasteiger partial charge in [-0.25, -0.2) is 4.39 Å². The van der Waals surface area contributed by atoms with Gasteiger partial charge in [0.05, 0.1) is 24.9 Å². The van der Waals surface area contributed by atoms with Crippen molar-refractivity contribution in [1.29, 1.82) is 0 Å². The van der Waals surface area contributed by atoms with Gasteiger partial charge in [-0.3, -0.25) is 4.98 Å². The van der Waals surface area contributed by atoms with E-state index in [1.165, 1.54) is 13.2 Å². The predicted octanol–water partition coefficient (Wildman–Crippen LogP) is 2.57.